The van der Waals surface area contributed by atoms with Gasteiger partial charge in [0, 0.05) is 29.4 Å². The Bertz CT molecular complexity index is 1480. The van der Waals surface area contributed by atoms with E-state index in [-0.39, 0.29) is 42.0 Å². The fourth-order valence-electron chi connectivity index (χ4n) is 9.65. The number of aliphatic carboxylic acids is 1. The molecule has 0 radical (unpaired) electrons. The first kappa shape index (κ1) is 35.2. The van der Waals surface area contributed by atoms with Crippen molar-refractivity contribution in [3.05, 3.63) is 35.6 Å². The first-order chi connectivity index (χ1) is 21.5. The van der Waals surface area contributed by atoms with Crippen LogP contribution in [-0.2, 0) is 38.2 Å². The molecular weight excluding hydrogens is 608 g/mol. The Kier molecular flexibility index (Phi) is 8.59. The van der Waals surface area contributed by atoms with Gasteiger partial charge in [0.05, 0.1) is 24.5 Å². The molecule has 2 aliphatic heterocycles. The first-order valence-corrected chi connectivity index (χ1v) is 16.4. The number of carbonyl (C=O) groups excluding carboxylic acids is 4. The summed E-state index contributed by atoms with van der Waals surface area (Å²) >= 11 is 0. The number of carbonyl (C=O) groups is 5. The fraction of sp³-hybridized carbons (Fsp3) is 0.694. The quantitative estimate of drug-likeness (QED) is 0.255. The maximum Gasteiger partial charge on any atom is 0.309 e. The minimum atomic E-state index is -1.84. The zero-order valence-electron chi connectivity index (χ0n) is 28.4. The highest BCUT2D eigenvalue weighted by atomic mass is 16.6. The largest absolute Gasteiger partial charge is 0.481 e. The lowest BCUT2D eigenvalue weighted by molar-refractivity contribution is -0.189. The predicted molar refractivity (Wildman–Crippen MR) is 167 cm³/mol. The third-order valence-electron chi connectivity index (χ3n) is 11.9. The van der Waals surface area contributed by atoms with Crippen LogP contribution in [0.25, 0.3) is 0 Å². The highest BCUT2D eigenvalue weighted by Crippen LogP contribution is 2.69. The number of aliphatic hydroxyl groups is 2. The second-order valence-electron chi connectivity index (χ2n) is 16.2. The lowest BCUT2D eigenvalue weighted by Crippen LogP contribution is -2.61. The van der Waals surface area contributed by atoms with Crippen LogP contribution in [0, 0.1) is 34.0 Å². The van der Waals surface area contributed by atoms with Gasteiger partial charge in [0.25, 0.3) is 0 Å². The average Bonchev–Trinajstić information content (AvgIpc) is 3.36. The molecule has 258 valence electrons. The molecule has 0 saturated heterocycles. The van der Waals surface area contributed by atoms with Crippen LogP contribution >= 0.6 is 0 Å². The lowest BCUT2D eigenvalue weighted by Gasteiger charge is -2.61. The van der Waals surface area contributed by atoms with E-state index in [9.17, 15) is 34.2 Å². The summed E-state index contributed by atoms with van der Waals surface area (Å²) in [5, 5.41) is 30.8. The Morgan fingerprint density at radius 2 is 1.72 bits per heavy atom. The molecule has 11 nitrogen and oxygen atoms in total. The van der Waals surface area contributed by atoms with Crippen LogP contribution in [0.2, 0.25) is 0 Å². The summed E-state index contributed by atoms with van der Waals surface area (Å²) in [4.78, 5) is 64.0. The summed E-state index contributed by atoms with van der Waals surface area (Å²) in [6, 6.07) is 0. The zero-order valence-corrected chi connectivity index (χ0v) is 28.4. The van der Waals surface area contributed by atoms with E-state index in [0.717, 1.165) is 0 Å². The molecule has 0 aromatic rings. The van der Waals surface area contributed by atoms with Crippen LogP contribution in [0.5, 0.6) is 0 Å². The molecule has 47 heavy (non-hydrogen) atoms. The molecular formula is C36H48O11. The average molecular weight is 657 g/mol. The van der Waals surface area contributed by atoms with Gasteiger partial charge in [0.1, 0.15) is 11.5 Å². The molecule has 2 heterocycles. The van der Waals surface area contributed by atoms with Gasteiger partial charge in [-0.15, -0.1) is 0 Å². The van der Waals surface area contributed by atoms with E-state index in [1.807, 2.05) is 19.9 Å². The van der Waals surface area contributed by atoms with Crippen molar-refractivity contribution in [1.82, 2.24) is 0 Å². The van der Waals surface area contributed by atoms with Crippen molar-refractivity contribution < 1.29 is 53.5 Å². The molecule has 0 amide bonds. The third kappa shape index (κ3) is 5.93. The maximum atomic E-state index is 13.9. The van der Waals surface area contributed by atoms with E-state index in [1.165, 1.54) is 13.0 Å². The second kappa shape index (κ2) is 11.5. The number of carboxylic acids is 1. The number of fused-ring (bicyclic) bond motifs is 3. The number of ketones is 3. The maximum absolute atomic E-state index is 13.9. The molecule has 0 bridgehead atoms. The topological polar surface area (TPSA) is 174 Å². The third-order valence-corrected chi connectivity index (χ3v) is 11.9. The van der Waals surface area contributed by atoms with E-state index < -0.39 is 76.6 Å². The highest BCUT2D eigenvalue weighted by molar-refractivity contribution is 5.99. The number of Topliss-reactive ketones (excluding diaryl/α,β-unsaturated/α-hetero) is 2. The Morgan fingerprint density at radius 3 is 2.30 bits per heavy atom. The van der Waals surface area contributed by atoms with Gasteiger partial charge in [0.2, 0.25) is 5.78 Å². The molecule has 5 aliphatic rings. The number of carboxylic acid groups (broad SMARTS) is 1. The molecule has 0 spiro atoms. The van der Waals surface area contributed by atoms with Gasteiger partial charge < -0.3 is 29.5 Å². The standard InChI is InChI=1S/C36H48O11/c1-18(22-14-26(38)33(4,5)47-22)21-10-9-19(31(43)46-21)29-20(37)13-25-35(29,7)12-11-24-32(2,3)30(42)23(15-36(24,25)8)45-28(41)17-34(6,44)16-27(39)40/h9,14,21,23-25,29,31,43-44H,1,10-13,15-17H2,2-8H3,(H,39,40)/t21-,23+,24-,25-,29+,31+,34?,35+,36-/m0/s1. The zero-order chi connectivity index (χ0) is 35.1. The molecule has 11 heteroatoms. The Balaban J connectivity index is 1.38. The van der Waals surface area contributed by atoms with E-state index in [1.54, 1.807) is 13.8 Å². The summed E-state index contributed by atoms with van der Waals surface area (Å²) in [7, 11) is 0. The van der Waals surface area contributed by atoms with Gasteiger partial charge >= 0.3 is 11.9 Å². The number of rotatable bonds is 8. The SMILES string of the molecule is C=C(C1=CC(=O)C(C)(C)O1)[C@@H]1CC=C([C@@H]2C(=O)C[C@H]3[C@@]2(C)CC[C@H]2C(C)(C)C(=O)[C@H](OC(=O)CC(C)(O)CC(=O)O)C[C@]32C)[C@H](O)O1. The molecule has 1 unspecified atom stereocenters. The molecule has 3 N–H and O–H groups in total. The van der Waals surface area contributed by atoms with Crippen LogP contribution in [0.15, 0.2) is 35.6 Å². The van der Waals surface area contributed by atoms with E-state index >= 15 is 0 Å². The van der Waals surface area contributed by atoms with Gasteiger partial charge in [-0.05, 0) is 74.7 Å². The van der Waals surface area contributed by atoms with Crippen LogP contribution in [0.3, 0.4) is 0 Å². The smallest absolute Gasteiger partial charge is 0.309 e. The van der Waals surface area contributed by atoms with Crippen LogP contribution in [0.1, 0.15) is 93.4 Å². The van der Waals surface area contributed by atoms with Crippen molar-refractivity contribution in [1.29, 1.82) is 0 Å². The Labute approximate surface area is 275 Å². The first-order valence-electron chi connectivity index (χ1n) is 16.4. The summed E-state index contributed by atoms with van der Waals surface area (Å²) < 4.78 is 17.5. The summed E-state index contributed by atoms with van der Waals surface area (Å²) in [6.45, 7) is 16.5. The molecule has 0 aromatic carbocycles. The Morgan fingerprint density at radius 1 is 1.06 bits per heavy atom. The lowest BCUT2D eigenvalue weighted by atomic mass is 9.42. The number of hydrogen-bond donors (Lipinski definition) is 3. The molecule has 0 aromatic heterocycles. The predicted octanol–water partition coefficient (Wildman–Crippen LogP) is 3.99. The highest BCUT2D eigenvalue weighted by Gasteiger charge is 2.68. The molecule has 9 atom stereocenters. The number of aliphatic hydroxyl groups excluding tert-OH is 1. The van der Waals surface area contributed by atoms with Gasteiger partial charge in [-0.2, -0.15) is 0 Å². The normalized spacial score (nSPS) is 38.7. The van der Waals surface area contributed by atoms with Crippen LogP contribution in [0.4, 0.5) is 0 Å². The molecule has 5 rings (SSSR count). The molecule has 3 aliphatic carbocycles. The number of esters is 1. The van der Waals surface area contributed by atoms with Crippen LogP contribution in [-0.4, -0.2) is 74.3 Å². The molecule has 3 saturated carbocycles. The second-order valence-corrected chi connectivity index (χ2v) is 16.2. The van der Waals surface area contributed by atoms with Crippen molar-refractivity contribution in [3.63, 3.8) is 0 Å². The van der Waals surface area contributed by atoms with Crippen molar-refractivity contribution in [2.75, 3.05) is 0 Å². The van der Waals surface area contributed by atoms with Crippen LogP contribution < -0.4 is 0 Å². The minimum Gasteiger partial charge on any atom is -0.481 e. The van der Waals surface area contributed by atoms with Crippen molar-refractivity contribution >= 4 is 29.3 Å². The van der Waals surface area contributed by atoms with Crippen molar-refractivity contribution in [2.24, 2.45) is 34.0 Å². The van der Waals surface area contributed by atoms with Gasteiger partial charge in [-0.3, -0.25) is 24.0 Å². The Hall–Kier alpha value is -3.15. The summed E-state index contributed by atoms with van der Waals surface area (Å²) in [6.07, 6.45) is 0.912. The number of ether oxygens (including phenoxy) is 3. The van der Waals surface area contributed by atoms with Gasteiger partial charge in [0.15, 0.2) is 23.8 Å². The number of hydrogen-bond acceptors (Lipinski definition) is 10. The summed E-state index contributed by atoms with van der Waals surface area (Å²) in [5.41, 5.74) is -3.95. The monoisotopic (exact) mass is 656 g/mol. The van der Waals surface area contributed by atoms with Gasteiger partial charge in [-0.1, -0.05) is 40.3 Å². The summed E-state index contributed by atoms with van der Waals surface area (Å²) in [5.74, 6) is -3.15. The van der Waals surface area contributed by atoms with E-state index in [4.69, 9.17) is 19.3 Å². The van der Waals surface area contributed by atoms with E-state index in [2.05, 4.69) is 20.4 Å². The minimum absolute atomic E-state index is 0.0206. The van der Waals surface area contributed by atoms with E-state index in [0.29, 0.717) is 36.2 Å². The fourth-order valence-corrected chi connectivity index (χ4v) is 9.65. The van der Waals surface area contributed by atoms with Gasteiger partial charge in [-0.25, -0.2) is 0 Å². The molecule has 3 fully saturated rings. The van der Waals surface area contributed by atoms with Crippen molar-refractivity contribution in [3.8, 4) is 0 Å². The van der Waals surface area contributed by atoms with Crippen molar-refractivity contribution in [2.45, 2.75) is 123 Å².